The van der Waals surface area contributed by atoms with Crippen LogP contribution in [0, 0.1) is 12.7 Å². The van der Waals surface area contributed by atoms with Crippen molar-refractivity contribution in [3.05, 3.63) is 53.8 Å². The topological polar surface area (TPSA) is 81.9 Å². The second kappa shape index (κ2) is 8.83. The van der Waals surface area contributed by atoms with Crippen LogP contribution in [0.25, 0.3) is 5.69 Å². The summed E-state index contributed by atoms with van der Waals surface area (Å²) in [5.74, 6) is 0.00172. The van der Waals surface area contributed by atoms with E-state index in [0.717, 1.165) is 0 Å². The van der Waals surface area contributed by atoms with Crippen LogP contribution < -0.4 is 10.1 Å². The first-order chi connectivity index (χ1) is 13.5. The lowest BCUT2D eigenvalue weighted by molar-refractivity contribution is -0.115. The number of para-hydroxylation sites is 2. The highest BCUT2D eigenvalue weighted by Gasteiger charge is 2.21. The van der Waals surface area contributed by atoms with Gasteiger partial charge in [-0.2, -0.15) is 4.68 Å². The second-order valence-corrected chi connectivity index (χ2v) is 7.30. The predicted molar refractivity (Wildman–Crippen MR) is 105 cm³/mol. The third-order valence-electron chi connectivity index (χ3n) is 3.92. The molecule has 1 N–H and O–H groups in total. The quantitative estimate of drug-likeness (QED) is 0.609. The first-order valence-corrected chi connectivity index (χ1v) is 9.61. The minimum Gasteiger partial charge on any atom is -0.492 e. The number of tetrazole rings is 1. The number of hydrogen-bond donors (Lipinski definition) is 1. The number of nitrogens with one attached hydrogen (secondary N) is 1. The molecule has 1 heterocycles. The average Bonchev–Trinajstić information content (AvgIpc) is 3.13. The second-order valence-electron chi connectivity index (χ2n) is 5.99. The molecular weight excluding hydrogens is 381 g/mol. The van der Waals surface area contributed by atoms with Gasteiger partial charge in [-0.15, -0.1) is 5.10 Å². The van der Waals surface area contributed by atoms with E-state index in [1.54, 1.807) is 26.0 Å². The van der Waals surface area contributed by atoms with E-state index in [1.165, 1.54) is 22.5 Å². The molecule has 0 aliphatic carbocycles. The third-order valence-corrected chi connectivity index (χ3v) is 4.96. The van der Waals surface area contributed by atoms with E-state index in [2.05, 4.69) is 20.8 Å². The Kier molecular flexibility index (Phi) is 6.25. The fourth-order valence-corrected chi connectivity index (χ4v) is 3.24. The fraction of sp³-hybridized carbons (Fsp3) is 0.263. The minimum atomic E-state index is -0.506. The Hall–Kier alpha value is -2.94. The first kappa shape index (κ1) is 19.8. The molecule has 0 saturated heterocycles. The number of rotatable bonds is 7. The van der Waals surface area contributed by atoms with Crippen LogP contribution in [0.4, 0.5) is 10.1 Å². The number of aryl methyl sites for hydroxylation is 1. The summed E-state index contributed by atoms with van der Waals surface area (Å²) in [6.45, 7) is 5.80. The highest BCUT2D eigenvalue weighted by Crippen LogP contribution is 2.28. The molecule has 0 radical (unpaired) electrons. The molecule has 1 atom stereocenters. The number of nitrogens with zero attached hydrogens (tertiary/aromatic N) is 4. The molecule has 3 rings (SSSR count). The molecule has 0 saturated carbocycles. The van der Waals surface area contributed by atoms with Crippen LogP contribution in [0.5, 0.6) is 5.75 Å². The van der Waals surface area contributed by atoms with E-state index in [-0.39, 0.29) is 11.7 Å². The number of amides is 1. The maximum Gasteiger partial charge on any atom is 0.237 e. The lowest BCUT2D eigenvalue weighted by Crippen LogP contribution is -2.23. The molecule has 9 heteroatoms. The van der Waals surface area contributed by atoms with E-state index < -0.39 is 5.25 Å². The zero-order chi connectivity index (χ0) is 20.1. The Balaban J connectivity index is 1.75. The Morgan fingerprint density at radius 1 is 1.32 bits per heavy atom. The molecule has 1 amide bonds. The third kappa shape index (κ3) is 4.48. The molecular formula is C19H20FN5O2S. The normalized spacial score (nSPS) is 11.9. The molecule has 3 aromatic rings. The summed E-state index contributed by atoms with van der Waals surface area (Å²) in [6, 6.07) is 12.0. The highest BCUT2D eigenvalue weighted by molar-refractivity contribution is 8.00. The van der Waals surface area contributed by atoms with Crippen LogP contribution in [0.15, 0.2) is 47.6 Å². The van der Waals surface area contributed by atoms with Gasteiger partial charge < -0.3 is 10.1 Å². The number of ether oxygens (including phenoxy) is 1. The van der Waals surface area contributed by atoms with Crippen LogP contribution in [0.3, 0.4) is 0 Å². The van der Waals surface area contributed by atoms with Gasteiger partial charge in [0.25, 0.3) is 0 Å². The zero-order valence-corrected chi connectivity index (χ0v) is 16.5. The number of carbonyl (C=O) groups excluding carboxylic acids is 1. The Bertz CT molecular complexity index is 978. The first-order valence-electron chi connectivity index (χ1n) is 8.74. The van der Waals surface area contributed by atoms with Gasteiger partial charge in [0.15, 0.2) is 0 Å². The lowest BCUT2D eigenvalue weighted by Gasteiger charge is -2.13. The summed E-state index contributed by atoms with van der Waals surface area (Å²) < 4.78 is 20.8. The molecule has 0 aliphatic rings. The molecule has 1 aromatic heterocycles. The molecule has 0 bridgehead atoms. The summed E-state index contributed by atoms with van der Waals surface area (Å²) >= 11 is 1.20. The van der Waals surface area contributed by atoms with Gasteiger partial charge in [-0.1, -0.05) is 30.0 Å². The predicted octanol–water partition coefficient (Wildman–Crippen LogP) is 3.63. The van der Waals surface area contributed by atoms with Gasteiger partial charge >= 0.3 is 0 Å². The van der Waals surface area contributed by atoms with E-state index >= 15 is 0 Å². The SMILES string of the molecule is CCOc1ccccc1-n1nnnc1SC(C)C(=O)Nc1ccc(C)c(F)c1. The molecule has 28 heavy (non-hydrogen) atoms. The largest absolute Gasteiger partial charge is 0.492 e. The number of hydrogen-bond acceptors (Lipinski definition) is 6. The van der Waals surface area contributed by atoms with Crippen molar-refractivity contribution >= 4 is 23.4 Å². The van der Waals surface area contributed by atoms with E-state index in [9.17, 15) is 9.18 Å². The summed E-state index contributed by atoms with van der Waals surface area (Å²) in [5.41, 5.74) is 1.61. The molecule has 146 valence electrons. The van der Waals surface area contributed by atoms with Gasteiger partial charge in [-0.3, -0.25) is 4.79 Å². The van der Waals surface area contributed by atoms with Gasteiger partial charge in [-0.05, 0) is 61.0 Å². The number of anilines is 1. The summed E-state index contributed by atoms with van der Waals surface area (Å²) in [7, 11) is 0. The molecule has 0 spiro atoms. The standard InChI is InChI=1S/C19H20FN5O2S/c1-4-27-17-8-6-5-7-16(17)25-19(22-23-24-25)28-13(3)18(26)21-14-10-9-12(2)15(20)11-14/h5-11,13H,4H2,1-3H3,(H,21,26). The summed E-state index contributed by atoms with van der Waals surface area (Å²) in [4.78, 5) is 12.5. The molecule has 2 aromatic carbocycles. The maximum atomic E-state index is 13.7. The number of benzene rings is 2. The van der Waals surface area contributed by atoms with E-state index in [1.807, 2.05) is 31.2 Å². The van der Waals surface area contributed by atoms with Crippen molar-refractivity contribution in [3.63, 3.8) is 0 Å². The van der Waals surface area contributed by atoms with Crippen LogP contribution in [0.2, 0.25) is 0 Å². The molecule has 0 aliphatic heterocycles. The molecule has 0 fully saturated rings. The van der Waals surface area contributed by atoms with Gasteiger partial charge in [-0.25, -0.2) is 4.39 Å². The van der Waals surface area contributed by atoms with Crippen molar-refractivity contribution in [3.8, 4) is 11.4 Å². The molecule has 1 unspecified atom stereocenters. The number of thioether (sulfide) groups is 1. The van der Waals surface area contributed by atoms with Crippen LogP contribution >= 0.6 is 11.8 Å². The average molecular weight is 401 g/mol. The zero-order valence-electron chi connectivity index (χ0n) is 15.7. The Labute approximate surface area is 166 Å². The fourth-order valence-electron chi connectivity index (χ4n) is 2.44. The van der Waals surface area contributed by atoms with Crippen molar-refractivity contribution in [2.45, 2.75) is 31.2 Å². The number of carbonyl (C=O) groups is 1. The Morgan fingerprint density at radius 3 is 2.86 bits per heavy atom. The van der Waals surface area contributed by atoms with Gasteiger partial charge in [0.05, 0.1) is 11.9 Å². The maximum absolute atomic E-state index is 13.7. The van der Waals surface area contributed by atoms with Crippen molar-refractivity contribution in [2.75, 3.05) is 11.9 Å². The minimum absolute atomic E-state index is 0.277. The van der Waals surface area contributed by atoms with Gasteiger partial charge in [0.1, 0.15) is 17.3 Å². The highest BCUT2D eigenvalue weighted by atomic mass is 32.2. The summed E-state index contributed by atoms with van der Waals surface area (Å²) in [6.07, 6.45) is 0. The van der Waals surface area contributed by atoms with Crippen LogP contribution in [0.1, 0.15) is 19.4 Å². The lowest BCUT2D eigenvalue weighted by atomic mass is 10.2. The van der Waals surface area contributed by atoms with E-state index in [0.29, 0.717) is 34.5 Å². The van der Waals surface area contributed by atoms with Crippen molar-refractivity contribution in [2.24, 2.45) is 0 Å². The molecule has 7 nitrogen and oxygen atoms in total. The van der Waals surface area contributed by atoms with Crippen molar-refractivity contribution in [1.82, 2.24) is 20.2 Å². The van der Waals surface area contributed by atoms with Crippen LogP contribution in [-0.4, -0.2) is 38.0 Å². The van der Waals surface area contributed by atoms with Crippen LogP contribution in [-0.2, 0) is 4.79 Å². The smallest absolute Gasteiger partial charge is 0.237 e. The summed E-state index contributed by atoms with van der Waals surface area (Å²) in [5, 5.41) is 14.4. The van der Waals surface area contributed by atoms with Gasteiger partial charge in [0.2, 0.25) is 11.1 Å². The number of halogens is 1. The number of aromatic nitrogens is 4. The monoisotopic (exact) mass is 401 g/mol. The Morgan fingerprint density at radius 2 is 2.11 bits per heavy atom. The van der Waals surface area contributed by atoms with E-state index in [4.69, 9.17) is 4.74 Å². The van der Waals surface area contributed by atoms with Crippen molar-refractivity contribution in [1.29, 1.82) is 0 Å². The van der Waals surface area contributed by atoms with Crippen molar-refractivity contribution < 1.29 is 13.9 Å². The van der Waals surface area contributed by atoms with Gasteiger partial charge in [0, 0.05) is 5.69 Å².